The summed E-state index contributed by atoms with van der Waals surface area (Å²) in [5.41, 5.74) is 0.707. The van der Waals surface area contributed by atoms with E-state index >= 15 is 0 Å². The smallest absolute Gasteiger partial charge is 0.230 e. The fourth-order valence-corrected chi connectivity index (χ4v) is 2.89. The predicted octanol–water partition coefficient (Wildman–Crippen LogP) is 1.44. The van der Waals surface area contributed by atoms with Crippen LogP contribution in [0, 0.1) is 5.92 Å². The number of hydrogen-bond donors (Lipinski definition) is 1. The number of rotatable bonds is 3. The minimum absolute atomic E-state index is 0.00486. The summed E-state index contributed by atoms with van der Waals surface area (Å²) in [6.45, 7) is 4.58. The van der Waals surface area contributed by atoms with Gasteiger partial charge in [0, 0.05) is 19.7 Å². The van der Waals surface area contributed by atoms with Gasteiger partial charge in [-0.05, 0) is 26.2 Å². The van der Waals surface area contributed by atoms with Gasteiger partial charge in [0.15, 0.2) is 5.82 Å². The van der Waals surface area contributed by atoms with E-state index in [-0.39, 0.29) is 17.9 Å². The van der Waals surface area contributed by atoms with Gasteiger partial charge in [0.1, 0.15) is 12.0 Å². The van der Waals surface area contributed by atoms with E-state index in [1.54, 1.807) is 6.20 Å². The van der Waals surface area contributed by atoms with Crippen molar-refractivity contribution in [2.75, 3.05) is 29.9 Å². The number of nitrogens with zero attached hydrogens (tertiary/aromatic N) is 3. The highest BCUT2D eigenvalue weighted by Gasteiger charge is 2.31. The van der Waals surface area contributed by atoms with Gasteiger partial charge in [0.05, 0.1) is 18.2 Å². The summed E-state index contributed by atoms with van der Waals surface area (Å²) < 4.78 is 5.45. The van der Waals surface area contributed by atoms with Crippen molar-refractivity contribution in [3.63, 3.8) is 0 Å². The van der Waals surface area contributed by atoms with Gasteiger partial charge in [-0.1, -0.05) is 0 Å². The van der Waals surface area contributed by atoms with Crippen LogP contribution in [0.5, 0.6) is 0 Å². The number of anilines is 2. The van der Waals surface area contributed by atoms with Gasteiger partial charge in [0.25, 0.3) is 0 Å². The van der Waals surface area contributed by atoms with Crippen molar-refractivity contribution in [2.24, 2.45) is 5.92 Å². The zero-order valence-corrected chi connectivity index (χ0v) is 11.7. The third kappa shape index (κ3) is 2.60. The largest absolute Gasteiger partial charge is 0.378 e. The molecule has 108 valence electrons. The first-order chi connectivity index (χ1) is 9.75. The molecule has 1 aromatic rings. The molecule has 1 aromatic heterocycles. The number of hydrogen-bond acceptors (Lipinski definition) is 5. The summed E-state index contributed by atoms with van der Waals surface area (Å²) in [5, 5.41) is 2.97. The molecular weight excluding hydrogens is 256 g/mol. The molecule has 0 spiro atoms. The lowest BCUT2D eigenvalue weighted by atomic mass is 10.0. The van der Waals surface area contributed by atoms with E-state index in [1.807, 2.05) is 6.92 Å². The maximum atomic E-state index is 12.3. The number of ether oxygens (including phenoxy) is 1. The molecule has 20 heavy (non-hydrogen) atoms. The average molecular weight is 276 g/mol. The predicted molar refractivity (Wildman–Crippen MR) is 75.6 cm³/mol. The van der Waals surface area contributed by atoms with Crippen molar-refractivity contribution < 1.29 is 9.53 Å². The first-order valence-electron chi connectivity index (χ1n) is 7.23. The summed E-state index contributed by atoms with van der Waals surface area (Å²) in [5.74, 6) is 0.754. The van der Waals surface area contributed by atoms with Crippen molar-refractivity contribution in [3.05, 3.63) is 12.5 Å². The maximum absolute atomic E-state index is 12.3. The standard InChI is InChI=1S/C14H20N4O2/c1-10-11(4-7-20-10)14(19)17-12-8-15-9-16-13(12)18-5-2-3-6-18/h8-11H,2-7H2,1H3,(H,17,19)/t10-,11-/m0/s1. The summed E-state index contributed by atoms with van der Waals surface area (Å²) in [7, 11) is 0. The van der Waals surface area contributed by atoms with Gasteiger partial charge in [-0.15, -0.1) is 0 Å². The Hall–Kier alpha value is -1.69. The topological polar surface area (TPSA) is 67.3 Å². The number of amides is 1. The van der Waals surface area contributed by atoms with Gasteiger partial charge in [-0.2, -0.15) is 0 Å². The molecule has 2 fully saturated rings. The van der Waals surface area contributed by atoms with Crippen LogP contribution in [0.15, 0.2) is 12.5 Å². The Morgan fingerprint density at radius 1 is 1.45 bits per heavy atom. The van der Waals surface area contributed by atoms with Crippen LogP contribution in [0.4, 0.5) is 11.5 Å². The Kier molecular flexibility index (Phi) is 3.82. The Morgan fingerprint density at radius 3 is 2.95 bits per heavy atom. The molecule has 2 saturated heterocycles. The van der Waals surface area contributed by atoms with Crippen molar-refractivity contribution in [3.8, 4) is 0 Å². The zero-order valence-electron chi connectivity index (χ0n) is 11.7. The van der Waals surface area contributed by atoms with E-state index < -0.39 is 0 Å². The number of nitrogens with one attached hydrogen (secondary N) is 1. The molecule has 0 radical (unpaired) electrons. The number of aromatic nitrogens is 2. The van der Waals surface area contributed by atoms with Crippen molar-refractivity contribution >= 4 is 17.4 Å². The molecular formula is C14H20N4O2. The molecule has 2 aliphatic heterocycles. The third-order valence-electron chi connectivity index (χ3n) is 4.07. The summed E-state index contributed by atoms with van der Waals surface area (Å²) in [4.78, 5) is 22.9. The van der Waals surface area contributed by atoms with E-state index in [0.29, 0.717) is 12.3 Å². The van der Waals surface area contributed by atoms with Crippen molar-refractivity contribution in [1.29, 1.82) is 0 Å². The van der Waals surface area contributed by atoms with Crippen LogP contribution in [0.2, 0.25) is 0 Å². The molecule has 6 heteroatoms. The Morgan fingerprint density at radius 2 is 2.25 bits per heavy atom. The minimum Gasteiger partial charge on any atom is -0.378 e. The van der Waals surface area contributed by atoms with Crippen LogP contribution in [0.1, 0.15) is 26.2 Å². The van der Waals surface area contributed by atoms with Crippen LogP contribution in [-0.2, 0) is 9.53 Å². The zero-order chi connectivity index (χ0) is 13.9. The Labute approximate surface area is 118 Å². The Balaban J connectivity index is 1.75. The molecule has 0 saturated carbocycles. The SMILES string of the molecule is C[C@@H]1OCC[C@@H]1C(=O)Nc1cncnc1N1CCCC1. The molecule has 3 heterocycles. The highest BCUT2D eigenvalue weighted by molar-refractivity contribution is 5.95. The molecule has 0 bridgehead atoms. The summed E-state index contributed by atoms with van der Waals surface area (Å²) in [6.07, 6.45) is 6.31. The monoisotopic (exact) mass is 276 g/mol. The highest BCUT2D eigenvalue weighted by Crippen LogP contribution is 2.27. The highest BCUT2D eigenvalue weighted by atomic mass is 16.5. The fraction of sp³-hybridized carbons (Fsp3) is 0.643. The number of carbonyl (C=O) groups is 1. The molecule has 6 nitrogen and oxygen atoms in total. The quantitative estimate of drug-likeness (QED) is 0.905. The molecule has 2 aliphatic rings. The molecule has 3 rings (SSSR count). The van der Waals surface area contributed by atoms with E-state index in [9.17, 15) is 4.79 Å². The summed E-state index contributed by atoms with van der Waals surface area (Å²) >= 11 is 0. The van der Waals surface area contributed by atoms with Gasteiger partial charge < -0.3 is 15.0 Å². The van der Waals surface area contributed by atoms with Gasteiger partial charge >= 0.3 is 0 Å². The van der Waals surface area contributed by atoms with Crippen LogP contribution in [0.3, 0.4) is 0 Å². The molecule has 1 amide bonds. The van der Waals surface area contributed by atoms with Crippen LogP contribution in [0.25, 0.3) is 0 Å². The normalized spacial score (nSPS) is 25.9. The van der Waals surface area contributed by atoms with Gasteiger partial charge in [-0.3, -0.25) is 4.79 Å². The molecule has 2 atom stereocenters. The van der Waals surface area contributed by atoms with Crippen molar-refractivity contribution in [1.82, 2.24) is 9.97 Å². The van der Waals surface area contributed by atoms with Crippen LogP contribution >= 0.6 is 0 Å². The lowest BCUT2D eigenvalue weighted by Crippen LogP contribution is -2.29. The summed E-state index contributed by atoms with van der Waals surface area (Å²) in [6, 6.07) is 0. The van der Waals surface area contributed by atoms with E-state index in [1.165, 1.54) is 19.2 Å². The first kappa shape index (κ1) is 13.3. The van der Waals surface area contributed by atoms with E-state index in [0.717, 1.165) is 25.3 Å². The van der Waals surface area contributed by atoms with Crippen molar-refractivity contribution in [2.45, 2.75) is 32.3 Å². The average Bonchev–Trinajstić information content (AvgIpc) is 3.10. The van der Waals surface area contributed by atoms with Crippen LogP contribution < -0.4 is 10.2 Å². The van der Waals surface area contributed by atoms with Gasteiger partial charge in [-0.25, -0.2) is 9.97 Å². The fourth-order valence-electron chi connectivity index (χ4n) is 2.89. The second-order valence-electron chi connectivity index (χ2n) is 5.41. The lowest BCUT2D eigenvalue weighted by Gasteiger charge is -2.21. The molecule has 0 unspecified atom stereocenters. The van der Waals surface area contributed by atoms with Crippen LogP contribution in [-0.4, -0.2) is 41.7 Å². The minimum atomic E-state index is -0.0818. The molecule has 0 aliphatic carbocycles. The second kappa shape index (κ2) is 5.75. The first-order valence-corrected chi connectivity index (χ1v) is 7.23. The third-order valence-corrected chi connectivity index (χ3v) is 4.07. The maximum Gasteiger partial charge on any atom is 0.230 e. The lowest BCUT2D eigenvalue weighted by molar-refractivity contribution is -0.121. The second-order valence-corrected chi connectivity index (χ2v) is 5.41. The number of carbonyl (C=O) groups excluding carboxylic acids is 1. The molecule has 1 N–H and O–H groups in total. The molecule has 0 aromatic carbocycles. The van der Waals surface area contributed by atoms with E-state index in [4.69, 9.17) is 4.74 Å². The van der Waals surface area contributed by atoms with E-state index in [2.05, 4.69) is 20.2 Å². The van der Waals surface area contributed by atoms with Gasteiger partial charge in [0.2, 0.25) is 5.91 Å². The Bertz CT molecular complexity index is 488.